The molecule has 2 aliphatic carbocycles. The van der Waals surface area contributed by atoms with Crippen LogP contribution in [0.25, 0.3) is 21.6 Å². The first-order valence-corrected chi connectivity index (χ1v) is 23.1. The molecule has 4 amide bonds. The van der Waals surface area contributed by atoms with E-state index in [2.05, 4.69) is 58.4 Å². The Bertz CT molecular complexity index is 2180. The van der Waals surface area contributed by atoms with Gasteiger partial charge in [0.2, 0.25) is 24.0 Å². The van der Waals surface area contributed by atoms with Crippen molar-refractivity contribution in [1.82, 2.24) is 45.0 Å². The number of unbranched alkanes of at least 4 members (excludes halogenated alkanes) is 3. The van der Waals surface area contributed by atoms with Crippen LogP contribution in [0.2, 0.25) is 0 Å². The molecule has 17 heteroatoms. The Hall–Kier alpha value is -5.03. The summed E-state index contributed by atoms with van der Waals surface area (Å²) in [6, 6.07) is 4.86. The van der Waals surface area contributed by atoms with E-state index in [4.69, 9.17) is 19.4 Å². The molecule has 1 aliphatic heterocycles. The summed E-state index contributed by atoms with van der Waals surface area (Å²) in [6.07, 6.45) is 14.2. The molecule has 328 valence electrons. The maximum Gasteiger partial charge on any atom is 0.289 e. The van der Waals surface area contributed by atoms with Gasteiger partial charge in [-0.2, -0.15) is 5.10 Å². The van der Waals surface area contributed by atoms with Crippen LogP contribution >= 0.6 is 23.3 Å². The van der Waals surface area contributed by atoms with E-state index >= 15 is 0 Å². The van der Waals surface area contributed by atoms with Gasteiger partial charge in [-0.25, -0.2) is 19.6 Å². The molecule has 7 rings (SSSR count). The number of fused-ring (bicyclic) bond motifs is 1. The van der Waals surface area contributed by atoms with Gasteiger partial charge in [-0.15, -0.1) is 11.3 Å². The highest BCUT2D eigenvalue weighted by molar-refractivity contribution is 7.98. The molecule has 15 nitrogen and oxygen atoms in total. The van der Waals surface area contributed by atoms with Crippen molar-refractivity contribution in [2.45, 2.75) is 128 Å². The third-order valence-electron chi connectivity index (χ3n) is 10.9. The predicted octanol–water partition coefficient (Wildman–Crippen LogP) is 6.93. The number of rotatable bonds is 19. The summed E-state index contributed by atoms with van der Waals surface area (Å²) >= 11 is 3.05. The average molecular weight is 874 g/mol. The second-order valence-electron chi connectivity index (χ2n) is 16.4. The minimum absolute atomic E-state index is 0.0256. The van der Waals surface area contributed by atoms with E-state index < -0.39 is 24.0 Å². The molecular formula is C44H59N9O6S2. The zero-order chi connectivity index (χ0) is 43.6. The van der Waals surface area contributed by atoms with Crippen molar-refractivity contribution in [2.75, 3.05) is 20.2 Å². The summed E-state index contributed by atoms with van der Waals surface area (Å²) in [6.45, 7) is 12.0. The number of nitrogens with zero attached hydrogens (tertiary/aromatic N) is 6. The van der Waals surface area contributed by atoms with Crippen molar-refractivity contribution in [3.63, 3.8) is 0 Å². The zero-order valence-corrected chi connectivity index (χ0v) is 37.8. The van der Waals surface area contributed by atoms with Crippen molar-refractivity contribution in [3.8, 4) is 22.2 Å². The van der Waals surface area contributed by atoms with Crippen LogP contribution in [0.5, 0.6) is 11.5 Å². The van der Waals surface area contributed by atoms with Gasteiger partial charge in [0.25, 0.3) is 5.91 Å². The van der Waals surface area contributed by atoms with Crippen LogP contribution in [0.1, 0.15) is 120 Å². The van der Waals surface area contributed by atoms with Gasteiger partial charge < -0.3 is 29.7 Å². The molecule has 3 aromatic heterocycles. The molecule has 0 spiro atoms. The van der Waals surface area contributed by atoms with E-state index in [1.165, 1.54) is 64.9 Å². The largest absolute Gasteiger partial charge is 0.496 e. The van der Waals surface area contributed by atoms with E-state index in [9.17, 15) is 19.2 Å². The first kappa shape index (κ1) is 45.5. The molecular weight excluding hydrogens is 815 g/mol. The second-order valence-corrected chi connectivity index (χ2v) is 18.4. The first-order chi connectivity index (χ1) is 29.4. The number of amides is 4. The number of carbonyl (C=O) groups excluding carboxylic acids is 4. The Morgan fingerprint density at radius 3 is 2.57 bits per heavy atom. The monoisotopic (exact) mass is 873 g/mol. The molecule has 4 aromatic rings. The number of aryl methyl sites for hydroxylation is 1. The molecule has 61 heavy (non-hydrogen) atoms. The summed E-state index contributed by atoms with van der Waals surface area (Å²) in [5, 5.41) is 14.3. The third kappa shape index (κ3) is 11.9. The molecule has 2 unspecified atom stereocenters. The number of thiazole rings is 1. The summed E-state index contributed by atoms with van der Waals surface area (Å²) in [7, 11) is 1.63. The Morgan fingerprint density at radius 2 is 1.89 bits per heavy atom. The third-order valence-corrected chi connectivity index (χ3v) is 12.8. The molecule has 1 saturated heterocycles. The van der Waals surface area contributed by atoms with E-state index in [-0.39, 0.29) is 55.2 Å². The summed E-state index contributed by atoms with van der Waals surface area (Å²) in [5.41, 5.74) is 3.25. The van der Waals surface area contributed by atoms with E-state index in [1.807, 2.05) is 44.4 Å². The minimum atomic E-state index is -0.782. The molecule has 0 bridgehead atoms. The van der Waals surface area contributed by atoms with Crippen LogP contribution in [0, 0.1) is 12.8 Å². The highest BCUT2D eigenvalue weighted by Crippen LogP contribution is 2.38. The van der Waals surface area contributed by atoms with Crippen LogP contribution in [0.3, 0.4) is 0 Å². The second kappa shape index (κ2) is 21.2. The standard InChI is InChI=1S/C40H52N8O5S.C4H7NOS/c1-8-9-10-11-12-13-26-16-29(26)45-38(50)32-17-27(20-47(32)35(49)19-41-39(51)37-42-22-43-48(37)24(4)5)53-34-18-30(40-46-31(21-54-40)23(2)3)44-36-25(6)33(52-7)15-14-28(34)36;6-3-5-7-4-1-2-4/h12-15,18,21-24,26-27,29,32H,8-11,16-17,19-20H2,1-7H3,(H,41,51)(H,45,50);3-4H,1-2H2,(H,5,6)/b13-12-;/t26-,27-,29?,32?;/m1./s1. The number of benzene rings is 1. The van der Waals surface area contributed by atoms with Crippen molar-refractivity contribution in [2.24, 2.45) is 5.92 Å². The molecule has 3 N–H and O–H groups in total. The number of allylic oxidation sites excluding steroid dienone is 1. The molecule has 3 fully saturated rings. The number of nitrogens with one attached hydrogen (secondary N) is 3. The quantitative estimate of drug-likeness (QED) is 0.0385. The van der Waals surface area contributed by atoms with Crippen molar-refractivity contribution >= 4 is 58.3 Å². The molecule has 2 saturated carbocycles. The maximum atomic E-state index is 13.9. The van der Waals surface area contributed by atoms with E-state index in [0.717, 1.165) is 58.1 Å². The number of hydrogen-bond acceptors (Lipinski definition) is 12. The van der Waals surface area contributed by atoms with Gasteiger partial charge in [0.1, 0.15) is 40.7 Å². The zero-order valence-electron chi connectivity index (χ0n) is 36.2. The van der Waals surface area contributed by atoms with Gasteiger partial charge in [0, 0.05) is 46.2 Å². The fourth-order valence-corrected chi connectivity index (χ4v) is 8.72. The van der Waals surface area contributed by atoms with Crippen LogP contribution in [-0.2, 0) is 14.4 Å². The highest BCUT2D eigenvalue weighted by atomic mass is 32.2. The predicted molar refractivity (Wildman–Crippen MR) is 239 cm³/mol. The van der Waals surface area contributed by atoms with Crippen molar-refractivity contribution < 1.29 is 28.7 Å². The number of ether oxygens (including phenoxy) is 2. The fourth-order valence-electron chi connectivity index (χ4n) is 7.16. The minimum Gasteiger partial charge on any atom is -0.496 e. The van der Waals surface area contributed by atoms with Crippen LogP contribution < -0.4 is 24.8 Å². The van der Waals surface area contributed by atoms with Gasteiger partial charge in [0.05, 0.1) is 31.4 Å². The number of likely N-dealkylation sites (tertiary alicyclic amines) is 1. The summed E-state index contributed by atoms with van der Waals surface area (Å²) in [5.74, 6) is 0.827. The SMILES string of the molecule is CCCCC/C=C\[C@@H]1CC1NC(=O)C1C[C@@H](Oc2cc(-c3nc(C(C)C)cs3)nc3c(C)c(OC)ccc23)CN1C(=O)CNC(=O)c1ncnn1C(C)C.O=CNSC1CC1. The Morgan fingerprint density at radius 1 is 1.08 bits per heavy atom. The highest BCUT2D eigenvalue weighted by Gasteiger charge is 2.44. The Kier molecular flexibility index (Phi) is 15.8. The normalized spacial score (nSPS) is 19.5. The number of hydrogen-bond donors (Lipinski definition) is 3. The molecule has 0 radical (unpaired) electrons. The lowest BCUT2D eigenvalue weighted by Crippen LogP contribution is -2.49. The number of aromatic nitrogens is 5. The first-order valence-electron chi connectivity index (χ1n) is 21.3. The molecule has 1 aromatic carbocycles. The maximum absolute atomic E-state index is 13.9. The summed E-state index contributed by atoms with van der Waals surface area (Å²) in [4.78, 5) is 65.9. The van der Waals surface area contributed by atoms with Crippen molar-refractivity contribution in [3.05, 3.63) is 59.1 Å². The Balaban J connectivity index is 0.000000807. The van der Waals surface area contributed by atoms with Gasteiger partial charge in [-0.05, 0) is 88.8 Å². The van der Waals surface area contributed by atoms with Crippen molar-refractivity contribution in [1.29, 1.82) is 0 Å². The number of carbonyl (C=O) groups is 4. The number of methoxy groups -OCH3 is 1. The average Bonchev–Trinajstić information content (AvgIpc) is 3.98. The van der Waals surface area contributed by atoms with Gasteiger partial charge in [-0.1, -0.05) is 45.8 Å². The molecule has 4 heterocycles. The van der Waals surface area contributed by atoms with Gasteiger partial charge in [0.15, 0.2) is 0 Å². The number of pyridine rings is 1. The lowest BCUT2D eigenvalue weighted by atomic mass is 10.1. The van der Waals surface area contributed by atoms with E-state index in [0.29, 0.717) is 17.2 Å². The smallest absolute Gasteiger partial charge is 0.289 e. The van der Waals surface area contributed by atoms with Crippen LogP contribution in [0.15, 0.2) is 42.1 Å². The fraction of sp³-hybridized carbons (Fsp3) is 0.545. The summed E-state index contributed by atoms with van der Waals surface area (Å²) < 4.78 is 16.4. The lowest BCUT2D eigenvalue weighted by molar-refractivity contribution is -0.137. The Labute approximate surface area is 366 Å². The topological polar surface area (TPSA) is 183 Å². The van der Waals surface area contributed by atoms with E-state index in [1.54, 1.807) is 7.11 Å². The molecule has 3 aliphatic rings. The van der Waals surface area contributed by atoms with Crippen LogP contribution in [0.4, 0.5) is 0 Å². The molecule has 4 atom stereocenters. The van der Waals surface area contributed by atoms with Gasteiger partial charge in [-0.3, -0.25) is 19.2 Å². The van der Waals surface area contributed by atoms with Gasteiger partial charge >= 0.3 is 0 Å². The van der Waals surface area contributed by atoms with Crippen LogP contribution in [-0.4, -0.2) is 97.4 Å². The lowest BCUT2D eigenvalue weighted by Gasteiger charge is -2.24.